The number of nitrogens with one attached hydrogen (secondary N) is 1. The lowest BCUT2D eigenvalue weighted by atomic mass is 10.2. The second kappa shape index (κ2) is 4.45. The minimum absolute atomic E-state index is 0.163. The fraction of sp³-hybridized carbons (Fsp3) is 0.333. The summed E-state index contributed by atoms with van der Waals surface area (Å²) in [5.41, 5.74) is 1.74. The molecule has 2 aromatic rings. The van der Waals surface area contributed by atoms with Crippen molar-refractivity contribution in [3.05, 3.63) is 34.2 Å². The first kappa shape index (κ1) is 11.4. The molecule has 90 valence electrons. The molecule has 0 amide bonds. The fourth-order valence-corrected chi connectivity index (χ4v) is 1.82. The molecule has 1 heterocycles. The molecular weight excluding hydrogens is 220 g/mol. The highest BCUT2D eigenvalue weighted by Gasteiger charge is 2.10. The van der Waals surface area contributed by atoms with Gasteiger partial charge in [0.05, 0.1) is 23.2 Å². The second-order valence-corrected chi connectivity index (χ2v) is 3.63. The van der Waals surface area contributed by atoms with Crippen molar-refractivity contribution in [1.29, 1.82) is 0 Å². The van der Waals surface area contributed by atoms with Crippen molar-refractivity contribution in [3.63, 3.8) is 0 Å². The molecule has 0 aliphatic rings. The van der Waals surface area contributed by atoms with Crippen molar-refractivity contribution < 1.29 is 9.53 Å². The minimum Gasteiger partial charge on any atom is -0.462 e. The largest absolute Gasteiger partial charge is 0.462 e. The maximum Gasteiger partial charge on any atom is 0.338 e. The van der Waals surface area contributed by atoms with Gasteiger partial charge in [0.1, 0.15) is 0 Å². The summed E-state index contributed by atoms with van der Waals surface area (Å²) >= 11 is 0. The van der Waals surface area contributed by atoms with E-state index >= 15 is 0 Å². The Balaban J connectivity index is 2.52. The Morgan fingerprint density at radius 3 is 2.82 bits per heavy atom. The highest BCUT2D eigenvalue weighted by Crippen LogP contribution is 2.13. The number of aryl methyl sites for hydroxylation is 1. The third kappa shape index (κ3) is 1.95. The third-order valence-corrected chi connectivity index (χ3v) is 2.60. The van der Waals surface area contributed by atoms with E-state index in [1.54, 1.807) is 29.7 Å². The van der Waals surface area contributed by atoms with Crippen molar-refractivity contribution in [2.45, 2.75) is 20.4 Å². The van der Waals surface area contributed by atoms with Crippen LogP contribution in [0.15, 0.2) is 23.0 Å². The summed E-state index contributed by atoms with van der Waals surface area (Å²) in [6, 6.07) is 5.06. The topological polar surface area (TPSA) is 64.1 Å². The highest BCUT2D eigenvalue weighted by molar-refractivity contribution is 5.93. The fourth-order valence-electron chi connectivity index (χ4n) is 1.82. The SMILES string of the molecule is CCOC(=O)c1ccc2c(c1)[nH]c(=O)n2CC. The molecule has 0 saturated heterocycles. The predicted molar refractivity (Wildman–Crippen MR) is 64.2 cm³/mol. The zero-order valence-corrected chi connectivity index (χ0v) is 9.82. The number of carbonyl (C=O) groups is 1. The van der Waals surface area contributed by atoms with Crippen LogP contribution < -0.4 is 5.69 Å². The molecule has 0 atom stereocenters. The number of fused-ring (bicyclic) bond motifs is 1. The Morgan fingerprint density at radius 2 is 2.18 bits per heavy atom. The normalized spacial score (nSPS) is 10.7. The summed E-state index contributed by atoms with van der Waals surface area (Å²) in [5.74, 6) is -0.375. The first-order chi connectivity index (χ1) is 8.17. The number of H-pyrrole nitrogens is 1. The monoisotopic (exact) mass is 234 g/mol. The molecule has 17 heavy (non-hydrogen) atoms. The molecule has 1 N–H and O–H groups in total. The molecular formula is C12H14N2O3. The maximum absolute atomic E-state index is 11.6. The molecule has 1 aromatic carbocycles. The van der Waals surface area contributed by atoms with E-state index in [1.807, 2.05) is 6.92 Å². The van der Waals surface area contributed by atoms with Crippen LogP contribution in [0.3, 0.4) is 0 Å². The molecule has 0 unspecified atom stereocenters. The van der Waals surface area contributed by atoms with Gasteiger partial charge in [0.25, 0.3) is 0 Å². The van der Waals surface area contributed by atoms with E-state index in [0.717, 1.165) is 5.52 Å². The van der Waals surface area contributed by atoms with Gasteiger partial charge >= 0.3 is 11.7 Å². The van der Waals surface area contributed by atoms with E-state index in [0.29, 0.717) is 24.2 Å². The Bertz CT molecular complexity index is 610. The van der Waals surface area contributed by atoms with Gasteiger partial charge in [-0.2, -0.15) is 0 Å². The summed E-state index contributed by atoms with van der Waals surface area (Å²) in [7, 11) is 0. The zero-order chi connectivity index (χ0) is 12.4. The van der Waals surface area contributed by atoms with Crippen molar-refractivity contribution >= 4 is 17.0 Å². The van der Waals surface area contributed by atoms with Gasteiger partial charge < -0.3 is 9.72 Å². The molecule has 0 aliphatic heterocycles. The summed E-state index contributed by atoms with van der Waals surface area (Å²) in [6.07, 6.45) is 0. The summed E-state index contributed by atoms with van der Waals surface area (Å²) in [6.45, 7) is 4.58. The van der Waals surface area contributed by atoms with Crippen LogP contribution in [0.25, 0.3) is 11.0 Å². The van der Waals surface area contributed by atoms with Crippen molar-refractivity contribution in [1.82, 2.24) is 9.55 Å². The van der Waals surface area contributed by atoms with Gasteiger partial charge in [-0.3, -0.25) is 4.57 Å². The molecule has 0 bridgehead atoms. The first-order valence-electron chi connectivity index (χ1n) is 5.57. The number of esters is 1. The Morgan fingerprint density at radius 1 is 1.41 bits per heavy atom. The number of imidazole rings is 1. The van der Waals surface area contributed by atoms with Gasteiger partial charge in [-0.05, 0) is 32.0 Å². The van der Waals surface area contributed by atoms with Crippen molar-refractivity contribution in [3.8, 4) is 0 Å². The van der Waals surface area contributed by atoms with Gasteiger partial charge in [0.2, 0.25) is 0 Å². The standard InChI is InChI=1S/C12H14N2O3/c1-3-14-10-6-5-8(11(15)17-4-2)7-9(10)13-12(14)16/h5-7H,3-4H2,1-2H3,(H,13,16). The Hall–Kier alpha value is -2.04. The molecule has 5 nitrogen and oxygen atoms in total. The van der Waals surface area contributed by atoms with Crippen LogP contribution in [0, 0.1) is 0 Å². The molecule has 0 spiro atoms. The molecule has 1 aromatic heterocycles. The van der Waals surface area contributed by atoms with Crippen LogP contribution in [-0.2, 0) is 11.3 Å². The van der Waals surface area contributed by atoms with Gasteiger partial charge in [-0.25, -0.2) is 9.59 Å². The van der Waals surface area contributed by atoms with E-state index < -0.39 is 0 Å². The lowest BCUT2D eigenvalue weighted by molar-refractivity contribution is 0.0526. The number of carbonyl (C=O) groups excluding carboxylic acids is 1. The van der Waals surface area contributed by atoms with Gasteiger partial charge in [0, 0.05) is 6.54 Å². The van der Waals surface area contributed by atoms with Gasteiger partial charge in [-0.15, -0.1) is 0 Å². The number of ether oxygens (including phenoxy) is 1. The number of nitrogens with zero attached hydrogens (tertiary/aromatic N) is 1. The number of aromatic nitrogens is 2. The van der Waals surface area contributed by atoms with E-state index in [1.165, 1.54) is 0 Å². The third-order valence-electron chi connectivity index (χ3n) is 2.60. The van der Waals surface area contributed by atoms with E-state index in [2.05, 4.69) is 4.98 Å². The van der Waals surface area contributed by atoms with Crippen LogP contribution in [0.4, 0.5) is 0 Å². The minimum atomic E-state index is -0.375. The number of aromatic amines is 1. The Kier molecular flexibility index (Phi) is 2.99. The predicted octanol–water partition coefficient (Wildman–Crippen LogP) is 1.53. The van der Waals surface area contributed by atoms with Crippen LogP contribution in [-0.4, -0.2) is 22.1 Å². The van der Waals surface area contributed by atoms with Crippen molar-refractivity contribution in [2.24, 2.45) is 0 Å². The molecule has 0 radical (unpaired) electrons. The van der Waals surface area contributed by atoms with E-state index in [9.17, 15) is 9.59 Å². The van der Waals surface area contributed by atoms with Crippen molar-refractivity contribution in [2.75, 3.05) is 6.61 Å². The van der Waals surface area contributed by atoms with Crippen LogP contribution in [0.5, 0.6) is 0 Å². The second-order valence-electron chi connectivity index (χ2n) is 3.63. The van der Waals surface area contributed by atoms with Gasteiger partial charge in [-0.1, -0.05) is 0 Å². The summed E-state index contributed by atoms with van der Waals surface area (Å²) in [4.78, 5) is 25.8. The summed E-state index contributed by atoms with van der Waals surface area (Å²) in [5, 5.41) is 0. The molecule has 0 fully saturated rings. The Labute approximate surface area is 98.0 Å². The average molecular weight is 234 g/mol. The lowest BCUT2D eigenvalue weighted by Crippen LogP contribution is -2.14. The average Bonchev–Trinajstić information content (AvgIpc) is 2.63. The van der Waals surface area contributed by atoms with Crippen LogP contribution >= 0.6 is 0 Å². The number of hydrogen-bond donors (Lipinski definition) is 1. The molecule has 5 heteroatoms. The highest BCUT2D eigenvalue weighted by atomic mass is 16.5. The van der Waals surface area contributed by atoms with Gasteiger partial charge in [0.15, 0.2) is 0 Å². The maximum atomic E-state index is 11.6. The van der Waals surface area contributed by atoms with E-state index in [-0.39, 0.29) is 11.7 Å². The number of hydrogen-bond acceptors (Lipinski definition) is 3. The van der Waals surface area contributed by atoms with E-state index in [4.69, 9.17) is 4.74 Å². The smallest absolute Gasteiger partial charge is 0.338 e. The molecule has 2 rings (SSSR count). The quantitative estimate of drug-likeness (QED) is 0.819. The lowest BCUT2D eigenvalue weighted by Gasteiger charge is -2.02. The molecule has 0 aliphatic carbocycles. The number of rotatable bonds is 3. The first-order valence-corrected chi connectivity index (χ1v) is 5.57. The molecule has 0 saturated carbocycles. The van der Waals surface area contributed by atoms with Crippen LogP contribution in [0.2, 0.25) is 0 Å². The number of benzene rings is 1. The zero-order valence-electron chi connectivity index (χ0n) is 9.82. The summed E-state index contributed by atoms with van der Waals surface area (Å²) < 4.78 is 6.52. The van der Waals surface area contributed by atoms with Crippen LogP contribution in [0.1, 0.15) is 24.2 Å².